The summed E-state index contributed by atoms with van der Waals surface area (Å²) in [6.45, 7) is 7.31. The van der Waals surface area contributed by atoms with Crippen molar-refractivity contribution in [3.63, 3.8) is 0 Å². The van der Waals surface area contributed by atoms with Gasteiger partial charge in [0.25, 0.3) is 0 Å². The number of halogens is 2. The van der Waals surface area contributed by atoms with Crippen LogP contribution in [0.1, 0.15) is 76.0 Å². The van der Waals surface area contributed by atoms with Gasteiger partial charge in [-0.2, -0.15) is 0 Å². The first-order valence-corrected chi connectivity index (χ1v) is 20.1. The quantitative estimate of drug-likeness (QED) is 0.357. The molecular weight excluding hydrogens is 754 g/mol. The first-order valence-electron chi connectivity index (χ1n) is 20.1. The highest BCUT2D eigenvalue weighted by molar-refractivity contribution is 5.98. The number of piperidine rings is 1. The maximum atomic E-state index is 14.7. The van der Waals surface area contributed by atoms with Gasteiger partial charge in [0.05, 0.1) is 6.42 Å². The number of fused-ring (bicyclic) bond motifs is 3. The van der Waals surface area contributed by atoms with Crippen LogP contribution in [0.25, 0.3) is 0 Å². The van der Waals surface area contributed by atoms with Gasteiger partial charge >= 0.3 is 5.97 Å². The Hall–Kier alpha value is -5.41. The fraction of sp³-hybridized carbons (Fsp3) is 0.548. The van der Waals surface area contributed by atoms with Crippen molar-refractivity contribution in [2.24, 2.45) is 5.92 Å². The Labute approximate surface area is 336 Å². The second-order valence-corrected chi connectivity index (χ2v) is 16.2. The van der Waals surface area contributed by atoms with E-state index in [0.29, 0.717) is 37.3 Å². The number of benzene rings is 2. The predicted octanol–water partition coefficient (Wildman–Crippen LogP) is 2.09. The largest absolute Gasteiger partial charge is 0.458 e. The van der Waals surface area contributed by atoms with Gasteiger partial charge in [-0.05, 0) is 88.5 Å². The Morgan fingerprint density at radius 1 is 0.810 bits per heavy atom. The zero-order valence-corrected chi connectivity index (χ0v) is 33.3. The lowest BCUT2D eigenvalue weighted by atomic mass is 9.99. The summed E-state index contributed by atoms with van der Waals surface area (Å²) in [7, 11) is 0. The summed E-state index contributed by atoms with van der Waals surface area (Å²) in [6.07, 6.45) is 0.782. The minimum Gasteiger partial charge on any atom is -0.458 e. The number of hydrogen-bond acceptors (Lipinski definition) is 8. The molecular formula is C42H52F2N6O8. The Morgan fingerprint density at radius 2 is 1.47 bits per heavy atom. The van der Waals surface area contributed by atoms with E-state index in [1.807, 2.05) is 26.0 Å². The van der Waals surface area contributed by atoms with Crippen LogP contribution < -0.4 is 16.0 Å². The summed E-state index contributed by atoms with van der Waals surface area (Å²) in [5.74, 6) is -6.40. The monoisotopic (exact) mass is 806 g/mol. The minimum absolute atomic E-state index is 0.0525. The molecule has 2 aromatic carbocycles. The van der Waals surface area contributed by atoms with E-state index in [2.05, 4.69) is 16.0 Å². The van der Waals surface area contributed by atoms with Crippen LogP contribution in [0.2, 0.25) is 0 Å². The molecule has 3 N–H and O–H groups in total. The van der Waals surface area contributed by atoms with Crippen LogP contribution >= 0.6 is 0 Å². The molecule has 0 aliphatic carbocycles. The number of nitrogens with zero attached hydrogens (tertiary/aromatic N) is 3. The van der Waals surface area contributed by atoms with E-state index in [9.17, 15) is 42.3 Å². The summed E-state index contributed by atoms with van der Waals surface area (Å²) in [5, 5.41) is 8.08. The molecule has 6 amide bonds. The number of ether oxygens (including phenoxy) is 1. The van der Waals surface area contributed by atoms with Crippen molar-refractivity contribution in [2.45, 2.75) is 121 Å². The SMILES string of the molecule is Cc1ccc(CC(=O)N[C@@H](Cc2cc(F)cc(F)c2)C(=O)N[C@@H]2C(=O)N3CCC[C@H]3C(=O)N3CCCC[C@H]3C(=O)N[C@@H](C)C(=O)N3C[C@@H](C)C[C@H]3C(=O)O[C@H]2C)cc1. The maximum absolute atomic E-state index is 14.7. The molecule has 6 rings (SSSR count). The number of rotatable bonds is 7. The Bertz CT molecular complexity index is 1910. The van der Waals surface area contributed by atoms with E-state index in [1.165, 1.54) is 28.5 Å². The van der Waals surface area contributed by atoms with Gasteiger partial charge in [-0.15, -0.1) is 0 Å². The van der Waals surface area contributed by atoms with Gasteiger partial charge in [-0.3, -0.25) is 28.8 Å². The number of hydrogen-bond donors (Lipinski definition) is 3. The Morgan fingerprint density at radius 3 is 2.17 bits per heavy atom. The van der Waals surface area contributed by atoms with Crippen molar-refractivity contribution >= 4 is 41.4 Å². The average molecular weight is 807 g/mol. The van der Waals surface area contributed by atoms with Crippen LogP contribution in [0.5, 0.6) is 0 Å². The van der Waals surface area contributed by atoms with Gasteiger partial charge in [0, 0.05) is 32.1 Å². The lowest BCUT2D eigenvalue weighted by Gasteiger charge is -2.39. The number of carbonyl (C=O) groups excluding carboxylic acids is 7. The first kappa shape index (κ1) is 42.2. The number of nitrogens with one attached hydrogen (secondary N) is 3. The summed E-state index contributed by atoms with van der Waals surface area (Å²) in [6, 6.07) is 2.90. The van der Waals surface area contributed by atoms with Crippen molar-refractivity contribution < 1.29 is 47.1 Å². The summed E-state index contributed by atoms with van der Waals surface area (Å²) in [5.41, 5.74) is 1.67. The Balaban J connectivity index is 1.34. The normalized spacial score (nSPS) is 27.6. The summed E-state index contributed by atoms with van der Waals surface area (Å²) >= 11 is 0. The van der Waals surface area contributed by atoms with E-state index in [-0.39, 0.29) is 56.8 Å². The molecule has 14 nitrogen and oxygen atoms in total. The maximum Gasteiger partial charge on any atom is 0.329 e. The molecule has 0 radical (unpaired) electrons. The number of cyclic esters (lactones) is 1. The summed E-state index contributed by atoms with van der Waals surface area (Å²) in [4.78, 5) is 102. The third-order valence-electron chi connectivity index (χ3n) is 11.5. The van der Waals surface area contributed by atoms with E-state index < -0.39 is 95.4 Å². The molecule has 16 heteroatoms. The van der Waals surface area contributed by atoms with E-state index in [0.717, 1.165) is 17.7 Å². The fourth-order valence-corrected chi connectivity index (χ4v) is 8.53. The lowest BCUT2D eigenvalue weighted by Crippen LogP contribution is -2.63. The molecule has 4 heterocycles. The highest BCUT2D eigenvalue weighted by atomic mass is 19.1. The van der Waals surface area contributed by atoms with Crippen molar-refractivity contribution in [1.29, 1.82) is 0 Å². The summed E-state index contributed by atoms with van der Waals surface area (Å²) < 4.78 is 34.6. The van der Waals surface area contributed by atoms with Gasteiger partial charge in [-0.25, -0.2) is 13.6 Å². The van der Waals surface area contributed by atoms with Crippen LogP contribution in [0.15, 0.2) is 42.5 Å². The van der Waals surface area contributed by atoms with E-state index in [1.54, 1.807) is 12.1 Å². The highest BCUT2D eigenvalue weighted by Gasteiger charge is 2.47. The fourth-order valence-electron chi connectivity index (χ4n) is 8.53. The topological polar surface area (TPSA) is 175 Å². The van der Waals surface area contributed by atoms with E-state index in [4.69, 9.17) is 4.74 Å². The molecule has 0 unspecified atom stereocenters. The molecule has 58 heavy (non-hydrogen) atoms. The molecule has 0 spiro atoms. The molecule has 4 aliphatic rings. The van der Waals surface area contributed by atoms with Crippen LogP contribution in [-0.4, -0.2) is 118 Å². The first-order chi connectivity index (χ1) is 27.6. The van der Waals surface area contributed by atoms with Crippen LogP contribution in [-0.2, 0) is 51.1 Å². The van der Waals surface area contributed by atoms with Crippen LogP contribution in [0.4, 0.5) is 8.78 Å². The zero-order chi connectivity index (χ0) is 41.8. The second kappa shape index (κ2) is 18.0. The molecule has 0 bridgehead atoms. The number of aryl methyl sites for hydroxylation is 1. The van der Waals surface area contributed by atoms with Gasteiger partial charge in [-0.1, -0.05) is 36.8 Å². The van der Waals surface area contributed by atoms with Crippen molar-refractivity contribution in [2.75, 3.05) is 19.6 Å². The third-order valence-corrected chi connectivity index (χ3v) is 11.5. The van der Waals surface area contributed by atoms with Gasteiger partial charge in [0.15, 0.2) is 0 Å². The van der Waals surface area contributed by atoms with Gasteiger partial charge in [0.1, 0.15) is 54.0 Å². The molecule has 4 fully saturated rings. The standard InChI is InChI=1S/C42H52F2N6O8/c1-23-10-12-27(13-11-23)20-35(51)46-31(19-28-17-29(43)21-30(44)18-28)37(52)47-36-26(4)58-42(57)34-16-24(2)22-50(34)39(54)25(3)45-38(53)32-8-5-6-14-48(32)40(55)33-9-7-15-49(33)41(36)56/h10-13,17-18,21,24-26,31-34,36H,5-9,14-16,19-20,22H2,1-4H3,(H,45,53)(H,46,51)(H,47,52)/t24-,25-,26-,31-,32-,33-,34-,36-/m0/s1. The van der Waals surface area contributed by atoms with Crippen LogP contribution in [0.3, 0.4) is 0 Å². The molecule has 8 atom stereocenters. The van der Waals surface area contributed by atoms with Gasteiger partial charge in [0.2, 0.25) is 35.4 Å². The second-order valence-electron chi connectivity index (χ2n) is 16.2. The number of amides is 6. The van der Waals surface area contributed by atoms with Gasteiger partial charge < -0.3 is 35.4 Å². The molecule has 4 aliphatic heterocycles. The Kier molecular flexibility index (Phi) is 13.1. The molecule has 312 valence electrons. The smallest absolute Gasteiger partial charge is 0.329 e. The molecule has 0 saturated carbocycles. The predicted molar refractivity (Wildman–Crippen MR) is 205 cm³/mol. The average Bonchev–Trinajstić information content (AvgIpc) is 3.83. The minimum atomic E-state index is -1.60. The van der Waals surface area contributed by atoms with Crippen molar-refractivity contribution in [1.82, 2.24) is 30.7 Å². The highest BCUT2D eigenvalue weighted by Crippen LogP contribution is 2.29. The van der Waals surface area contributed by atoms with Crippen molar-refractivity contribution in [3.8, 4) is 0 Å². The lowest BCUT2D eigenvalue weighted by molar-refractivity contribution is -0.163. The molecule has 0 aromatic heterocycles. The van der Waals surface area contributed by atoms with Crippen LogP contribution in [0, 0.1) is 24.5 Å². The number of carbonyl (C=O) groups is 7. The van der Waals surface area contributed by atoms with E-state index >= 15 is 0 Å². The molecule has 2 aromatic rings. The number of esters is 1. The third kappa shape index (κ3) is 9.64. The zero-order valence-electron chi connectivity index (χ0n) is 33.3. The van der Waals surface area contributed by atoms with Crippen molar-refractivity contribution in [3.05, 3.63) is 70.8 Å². The molecule has 4 saturated heterocycles.